The van der Waals surface area contributed by atoms with Crippen LogP contribution in [0, 0.1) is 11.8 Å². The standard InChI is InChI=1S/C24H40N4O4/c1-5-30-14-7-12-25-22(26-13-11-19-8-6-15-31-19)28-16-18-9-10-21(20(18)17-28)27-23(29)32-24(2,3)4/h6,8,15,18,20-21H,5,7,9-14,16-17H2,1-4H3,(H,25,26)(H,27,29). The molecule has 2 fully saturated rings. The van der Waals surface area contributed by atoms with Gasteiger partial charge in [-0.15, -0.1) is 0 Å². The summed E-state index contributed by atoms with van der Waals surface area (Å²) in [6.45, 7) is 12.5. The van der Waals surface area contributed by atoms with Crippen molar-refractivity contribution in [3.05, 3.63) is 24.2 Å². The number of nitrogens with one attached hydrogen (secondary N) is 2. The molecule has 8 nitrogen and oxygen atoms in total. The Bertz CT molecular complexity index is 729. The monoisotopic (exact) mass is 448 g/mol. The predicted molar refractivity (Wildman–Crippen MR) is 125 cm³/mol. The molecule has 1 amide bonds. The number of fused-ring (bicyclic) bond motifs is 1. The van der Waals surface area contributed by atoms with E-state index in [4.69, 9.17) is 18.9 Å². The Kier molecular flexibility index (Phi) is 8.84. The zero-order valence-electron chi connectivity index (χ0n) is 20.1. The largest absolute Gasteiger partial charge is 0.469 e. The highest BCUT2D eigenvalue weighted by molar-refractivity contribution is 5.80. The van der Waals surface area contributed by atoms with Crippen LogP contribution in [0.3, 0.4) is 0 Å². The van der Waals surface area contributed by atoms with Crippen LogP contribution in [0.5, 0.6) is 0 Å². The lowest BCUT2D eigenvalue weighted by atomic mass is 9.98. The van der Waals surface area contributed by atoms with Gasteiger partial charge in [-0.25, -0.2) is 4.79 Å². The molecule has 0 aromatic carbocycles. The molecule has 2 N–H and O–H groups in total. The predicted octanol–water partition coefficient (Wildman–Crippen LogP) is 3.43. The summed E-state index contributed by atoms with van der Waals surface area (Å²) in [5.41, 5.74) is -0.483. The first kappa shape index (κ1) is 24.4. The van der Waals surface area contributed by atoms with Gasteiger partial charge in [0.05, 0.1) is 6.26 Å². The van der Waals surface area contributed by atoms with Crippen molar-refractivity contribution in [1.29, 1.82) is 0 Å². The van der Waals surface area contributed by atoms with Gasteiger partial charge in [-0.2, -0.15) is 0 Å². The molecule has 0 spiro atoms. The zero-order valence-corrected chi connectivity index (χ0v) is 20.1. The van der Waals surface area contributed by atoms with Crippen LogP contribution in [-0.2, 0) is 15.9 Å². The van der Waals surface area contributed by atoms with Crippen molar-refractivity contribution >= 4 is 12.1 Å². The minimum absolute atomic E-state index is 0.155. The Morgan fingerprint density at radius 2 is 2.16 bits per heavy atom. The van der Waals surface area contributed by atoms with Crippen molar-refractivity contribution in [3.8, 4) is 0 Å². The van der Waals surface area contributed by atoms with Gasteiger partial charge in [0.15, 0.2) is 5.96 Å². The first-order valence-electron chi connectivity index (χ1n) is 12.0. The number of aliphatic imine (C=N–C) groups is 1. The van der Waals surface area contributed by atoms with E-state index in [-0.39, 0.29) is 12.1 Å². The molecule has 2 aliphatic rings. The molecule has 0 bridgehead atoms. The maximum Gasteiger partial charge on any atom is 0.407 e. The Balaban J connectivity index is 1.56. The number of furan rings is 1. The second-order valence-corrected chi connectivity index (χ2v) is 9.67. The Hall–Kier alpha value is -2.22. The minimum atomic E-state index is -0.483. The number of carbonyl (C=O) groups excluding carboxylic acids is 1. The number of hydrogen-bond donors (Lipinski definition) is 2. The number of likely N-dealkylation sites (tertiary alicyclic amines) is 1. The highest BCUT2D eigenvalue weighted by Crippen LogP contribution is 2.38. The van der Waals surface area contributed by atoms with E-state index in [0.29, 0.717) is 11.8 Å². The van der Waals surface area contributed by atoms with Crippen LogP contribution in [-0.4, -0.2) is 68.0 Å². The molecule has 0 radical (unpaired) electrons. The van der Waals surface area contributed by atoms with Crippen molar-refractivity contribution in [1.82, 2.24) is 15.5 Å². The van der Waals surface area contributed by atoms with Crippen LogP contribution in [0.25, 0.3) is 0 Å². The summed E-state index contributed by atoms with van der Waals surface area (Å²) in [5.74, 6) is 2.89. The number of amides is 1. The van der Waals surface area contributed by atoms with Gasteiger partial charge >= 0.3 is 6.09 Å². The summed E-state index contributed by atoms with van der Waals surface area (Å²) in [5, 5.41) is 6.65. The normalized spacial score (nSPS) is 23.3. The van der Waals surface area contributed by atoms with Crippen molar-refractivity contribution in [2.75, 3.05) is 39.4 Å². The summed E-state index contributed by atoms with van der Waals surface area (Å²) >= 11 is 0. The van der Waals surface area contributed by atoms with E-state index in [0.717, 1.165) is 76.8 Å². The second kappa shape index (κ2) is 11.6. The van der Waals surface area contributed by atoms with Gasteiger partial charge in [0.2, 0.25) is 0 Å². The van der Waals surface area contributed by atoms with Gasteiger partial charge in [0.1, 0.15) is 11.4 Å². The molecule has 1 saturated carbocycles. The average Bonchev–Trinajstić information content (AvgIpc) is 3.44. The molecular weight excluding hydrogens is 408 g/mol. The molecule has 2 heterocycles. The van der Waals surface area contributed by atoms with Crippen LogP contribution >= 0.6 is 0 Å². The molecule has 1 aliphatic heterocycles. The van der Waals surface area contributed by atoms with E-state index in [1.54, 1.807) is 6.26 Å². The number of ether oxygens (including phenoxy) is 2. The molecule has 180 valence electrons. The van der Waals surface area contributed by atoms with Crippen LogP contribution in [0.1, 0.15) is 52.7 Å². The first-order valence-corrected chi connectivity index (χ1v) is 12.0. The molecule has 3 unspecified atom stereocenters. The Morgan fingerprint density at radius 3 is 2.88 bits per heavy atom. The summed E-state index contributed by atoms with van der Waals surface area (Å²) in [6.07, 6.45) is 5.23. The highest BCUT2D eigenvalue weighted by atomic mass is 16.6. The van der Waals surface area contributed by atoms with Crippen molar-refractivity contribution in [2.24, 2.45) is 16.8 Å². The summed E-state index contributed by atoms with van der Waals surface area (Å²) in [4.78, 5) is 19.5. The molecule has 3 atom stereocenters. The molecule has 8 heteroatoms. The van der Waals surface area contributed by atoms with Crippen LogP contribution in [0.2, 0.25) is 0 Å². The van der Waals surface area contributed by atoms with Crippen molar-refractivity contribution in [3.63, 3.8) is 0 Å². The number of hydrogen-bond acceptors (Lipinski definition) is 5. The summed E-state index contributed by atoms with van der Waals surface area (Å²) in [6, 6.07) is 4.06. The third-order valence-electron chi connectivity index (χ3n) is 6.01. The third kappa shape index (κ3) is 7.43. The van der Waals surface area contributed by atoms with Crippen LogP contribution < -0.4 is 10.6 Å². The number of guanidine groups is 1. The number of carbonyl (C=O) groups is 1. The highest BCUT2D eigenvalue weighted by Gasteiger charge is 2.44. The number of nitrogens with zero attached hydrogens (tertiary/aromatic N) is 2. The fraction of sp³-hybridized carbons (Fsp3) is 0.750. The van der Waals surface area contributed by atoms with Gasteiger partial charge in [-0.1, -0.05) is 0 Å². The number of alkyl carbamates (subject to hydrolysis) is 1. The topological polar surface area (TPSA) is 88.3 Å². The van der Waals surface area contributed by atoms with Crippen molar-refractivity contribution in [2.45, 2.75) is 65.0 Å². The zero-order chi connectivity index (χ0) is 23.0. The van der Waals surface area contributed by atoms with Gasteiger partial charge in [0.25, 0.3) is 0 Å². The lowest BCUT2D eigenvalue weighted by Crippen LogP contribution is -2.45. The van der Waals surface area contributed by atoms with Crippen LogP contribution in [0.15, 0.2) is 27.8 Å². The maximum atomic E-state index is 12.3. The van der Waals surface area contributed by atoms with Gasteiger partial charge in [-0.05, 0) is 65.0 Å². The molecular formula is C24H40N4O4. The molecule has 1 aromatic rings. The summed E-state index contributed by atoms with van der Waals surface area (Å²) in [7, 11) is 0. The van der Waals surface area contributed by atoms with Gasteiger partial charge in [-0.3, -0.25) is 4.99 Å². The van der Waals surface area contributed by atoms with E-state index < -0.39 is 5.60 Å². The van der Waals surface area contributed by atoms with E-state index in [1.807, 2.05) is 39.8 Å². The number of rotatable bonds is 9. The SMILES string of the molecule is CCOCCCN=C(NCCc1ccco1)N1CC2CCC(NC(=O)OC(C)(C)C)C2C1. The average molecular weight is 449 g/mol. The Labute approximate surface area is 192 Å². The van der Waals surface area contributed by atoms with E-state index in [1.165, 1.54) is 0 Å². The van der Waals surface area contributed by atoms with E-state index in [9.17, 15) is 4.79 Å². The summed E-state index contributed by atoms with van der Waals surface area (Å²) < 4.78 is 16.4. The van der Waals surface area contributed by atoms with Crippen molar-refractivity contribution < 1.29 is 18.7 Å². The molecule has 1 aromatic heterocycles. The molecule has 1 aliphatic carbocycles. The van der Waals surface area contributed by atoms with Gasteiger partial charge in [0, 0.05) is 57.8 Å². The third-order valence-corrected chi connectivity index (χ3v) is 6.01. The van der Waals surface area contributed by atoms with Gasteiger partial charge < -0.3 is 29.4 Å². The quantitative estimate of drug-likeness (QED) is 0.342. The smallest absolute Gasteiger partial charge is 0.407 e. The maximum absolute atomic E-state index is 12.3. The second-order valence-electron chi connectivity index (χ2n) is 9.67. The minimum Gasteiger partial charge on any atom is -0.469 e. The van der Waals surface area contributed by atoms with E-state index >= 15 is 0 Å². The first-order chi connectivity index (χ1) is 15.4. The lowest BCUT2D eigenvalue weighted by molar-refractivity contribution is 0.0492. The van der Waals surface area contributed by atoms with Crippen LogP contribution in [0.4, 0.5) is 4.79 Å². The molecule has 32 heavy (non-hydrogen) atoms. The fourth-order valence-corrected chi connectivity index (χ4v) is 4.59. The lowest BCUT2D eigenvalue weighted by Gasteiger charge is -2.26. The van der Waals surface area contributed by atoms with E-state index in [2.05, 4.69) is 15.5 Å². The fourth-order valence-electron chi connectivity index (χ4n) is 4.59. The Morgan fingerprint density at radius 1 is 1.31 bits per heavy atom. The molecule has 3 rings (SSSR count). The molecule has 1 saturated heterocycles.